The first-order valence-electron chi connectivity index (χ1n) is 9.01. The molecule has 0 aromatic rings. The smallest absolute Gasteiger partial charge is 0.410 e. The van der Waals surface area contributed by atoms with Crippen LogP contribution >= 0.6 is 11.8 Å². The fourth-order valence-electron chi connectivity index (χ4n) is 3.30. The third-order valence-electron chi connectivity index (χ3n) is 5.02. The summed E-state index contributed by atoms with van der Waals surface area (Å²) in [5.41, 5.74) is -0.117. The zero-order chi connectivity index (χ0) is 17.1. The van der Waals surface area contributed by atoms with Gasteiger partial charge in [0.05, 0.1) is 0 Å². The highest BCUT2D eigenvalue weighted by molar-refractivity contribution is 7.99. The number of ether oxygens (including phenoxy) is 1. The van der Waals surface area contributed by atoms with Crippen molar-refractivity contribution in [1.29, 1.82) is 0 Å². The number of nitrogens with one attached hydrogen (secondary N) is 1. The van der Waals surface area contributed by atoms with Crippen molar-refractivity contribution in [3.05, 3.63) is 0 Å². The molecule has 1 amide bonds. The molecule has 0 radical (unpaired) electrons. The summed E-state index contributed by atoms with van der Waals surface area (Å²) in [5, 5.41) is 4.53. The van der Waals surface area contributed by atoms with Gasteiger partial charge >= 0.3 is 6.09 Å². The molecular formula is C18H34N2O2S. The number of hydrogen-bond donors (Lipinski definition) is 1. The zero-order valence-electron chi connectivity index (χ0n) is 15.5. The molecule has 0 aliphatic carbocycles. The topological polar surface area (TPSA) is 41.6 Å². The Bertz CT molecular complexity index is 400. The van der Waals surface area contributed by atoms with E-state index < -0.39 is 5.60 Å². The molecular weight excluding hydrogens is 308 g/mol. The Morgan fingerprint density at radius 1 is 1.35 bits per heavy atom. The summed E-state index contributed by atoms with van der Waals surface area (Å²) in [7, 11) is 0. The van der Waals surface area contributed by atoms with Crippen molar-refractivity contribution in [3.8, 4) is 0 Å². The van der Waals surface area contributed by atoms with Gasteiger partial charge in [0.25, 0.3) is 0 Å². The van der Waals surface area contributed by atoms with Crippen molar-refractivity contribution in [1.82, 2.24) is 10.2 Å². The van der Waals surface area contributed by atoms with Gasteiger partial charge in [-0.25, -0.2) is 4.79 Å². The van der Waals surface area contributed by atoms with Crippen LogP contribution in [0, 0.1) is 5.41 Å². The lowest BCUT2D eigenvalue weighted by Gasteiger charge is -2.41. The van der Waals surface area contributed by atoms with Gasteiger partial charge in [0.2, 0.25) is 0 Å². The van der Waals surface area contributed by atoms with Gasteiger partial charge in [-0.1, -0.05) is 13.8 Å². The predicted octanol–water partition coefficient (Wildman–Crippen LogP) is 3.90. The van der Waals surface area contributed by atoms with E-state index >= 15 is 0 Å². The summed E-state index contributed by atoms with van der Waals surface area (Å²) >= 11 is 2.09. The van der Waals surface area contributed by atoms with Crippen LogP contribution in [0.15, 0.2) is 0 Å². The standard InChI is InChI=1S/C18H34N2O2S/c1-14-15(7-6-12-23-14)19-13-18(5)8-10-20(11-9-18)16(21)22-17(2,3)4/h14-15,19H,6-13H2,1-5H3. The number of thioether (sulfide) groups is 1. The van der Waals surface area contributed by atoms with Crippen LogP contribution in [-0.4, -0.2) is 53.3 Å². The van der Waals surface area contributed by atoms with Crippen LogP contribution in [-0.2, 0) is 4.74 Å². The van der Waals surface area contributed by atoms with Crippen molar-refractivity contribution in [2.75, 3.05) is 25.4 Å². The number of hydrogen-bond acceptors (Lipinski definition) is 4. The van der Waals surface area contributed by atoms with Gasteiger partial charge in [-0.15, -0.1) is 0 Å². The lowest BCUT2D eigenvalue weighted by molar-refractivity contribution is 0.0117. The summed E-state index contributed by atoms with van der Waals surface area (Å²) < 4.78 is 5.48. The van der Waals surface area contributed by atoms with Crippen LogP contribution in [0.3, 0.4) is 0 Å². The average molecular weight is 343 g/mol. The van der Waals surface area contributed by atoms with Crippen LogP contribution in [0.2, 0.25) is 0 Å². The molecule has 0 aromatic carbocycles. The Morgan fingerprint density at radius 2 is 2.00 bits per heavy atom. The highest BCUT2D eigenvalue weighted by atomic mass is 32.2. The second-order valence-corrected chi connectivity index (χ2v) is 9.97. The molecule has 2 rings (SSSR count). The molecule has 5 heteroatoms. The first kappa shape index (κ1) is 18.9. The minimum Gasteiger partial charge on any atom is -0.444 e. The third-order valence-corrected chi connectivity index (χ3v) is 6.40. The minimum atomic E-state index is -0.409. The fraction of sp³-hybridized carbons (Fsp3) is 0.944. The van der Waals surface area contributed by atoms with E-state index in [9.17, 15) is 4.79 Å². The van der Waals surface area contributed by atoms with Gasteiger partial charge in [-0.05, 0) is 57.6 Å². The number of rotatable bonds is 3. The fourth-order valence-corrected chi connectivity index (χ4v) is 4.47. The second kappa shape index (κ2) is 7.64. The van der Waals surface area contributed by atoms with Crippen molar-refractivity contribution < 1.29 is 9.53 Å². The Balaban J connectivity index is 1.77. The summed E-state index contributed by atoms with van der Waals surface area (Å²) in [4.78, 5) is 14.0. The zero-order valence-corrected chi connectivity index (χ0v) is 16.3. The number of likely N-dealkylation sites (tertiary alicyclic amines) is 1. The molecule has 4 nitrogen and oxygen atoms in total. The lowest BCUT2D eigenvalue weighted by Crippen LogP contribution is -2.50. The van der Waals surface area contributed by atoms with E-state index in [-0.39, 0.29) is 6.09 Å². The average Bonchev–Trinajstić information content (AvgIpc) is 2.45. The van der Waals surface area contributed by atoms with E-state index in [2.05, 4.69) is 30.9 Å². The molecule has 0 bridgehead atoms. The largest absolute Gasteiger partial charge is 0.444 e. The van der Waals surface area contributed by atoms with Gasteiger partial charge in [0, 0.05) is 30.9 Å². The second-order valence-electron chi connectivity index (χ2n) is 8.48. The summed E-state index contributed by atoms with van der Waals surface area (Å²) in [6, 6.07) is 0.648. The molecule has 2 heterocycles. The SMILES string of the molecule is CC1SCCCC1NCC1(C)CCN(C(=O)OC(C)(C)C)CC1. The monoisotopic (exact) mass is 342 g/mol. The molecule has 2 unspecified atom stereocenters. The Hall–Kier alpha value is -0.420. The molecule has 0 aromatic heterocycles. The molecule has 134 valence electrons. The third kappa shape index (κ3) is 5.86. The van der Waals surface area contributed by atoms with E-state index in [4.69, 9.17) is 4.74 Å². The first-order chi connectivity index (χ1) is 10.7. The molecule has 2 aliphatic heterocycles. The molecule has 0 spiro atoms. The lowest BCUT2D eigenvalue weighted by atomic mass is 9.80. The van der Waals surface area contributed by atoms with Crippen molar-refractivity contribution in [2.45, 2.75) is 77.2 Å². The molecule has 0 saturated carbocycles. The number of carbonyl (C=O) groups excluding carboxylic acids is 1. The number of piperidine rings is 1. The Kier molecular flexibility index (Phi) is 6.28. The quantitative estimate of drug-likeness (QED) is 0.845. The number of carbonyl (C=O) groups is 1. The Labute approximate surface area is 146 Å². The normalized spacial score (nSPS) is 28.5. The molecule has 2 saturated heterocycles. The molecule has 2 fully saturated rings. The van der Waals surface area contributed by atoms with Crippen molar-refractivity contribution >= 4 is 17.9 Å². The van der Waals surface area contributed by atoms with Gasteiger partial charge < -0.3 is 15.0 Å². The van der Waals surface area contributed by atoms with Crippen LogP contribution in [0.25, 0.3) is 0 Å². The number of amides is 1. The van der Waals surface area contributed by atoms with Crippen LogP contribution in [0.5, 0.6) is 0 Å². The first-order valence-corrected chi connectivity index (χ1v) is 10.1. The maximum absolute atomic E-state index is 12.2. The van der Waals surface area contributed by atoms with Crippen molar-refractivity contribution in [3.63, 3.8) is 0 Å². The highest BCUT2D eigenvalue weighted by Crippen LogP contribution is 2.32. The van der Waals surface area contributed by atoms with E-state index in [0.717, 1.165) is 32.5 Å². The van der Waals surface area contributed by atoms with Crippen molar-refractivity contribution in [2.24, 2.45) is 5.41 Å². The molecule has 2 aliphatic rings. The Morgan fingerprint density at radius 3 is 2.57 bits per heavy atom. The van der Waals surface area contributed by atoms with E-state index in [1.165, 1.54) is 18.6 Å². The summed E-state index contributed by atoms with van der Waals surface area (Å²) in [6.07, 6.45) is 4.57. The van der Waals surface area contributed by atoms with Crippen LogP contribution < -0.4 is 5.32 Å². The van der Waals surface area contributed by atoms with Gasteiger partial charge in [0.15, 0.2) is 0 Å². The molecule has 2 atom stereocenters. The van der Waals surface area contributed by atoms with E-state index in [1.807, 2.05) is 25.7 Å². The molecule has 1 N–H and O–H groups in total. The predicted molar refractivity (Wildman–Crippen MR) is 98.1 cm³/mol. The molecule has 23 heavy (non-hydrogen) atoms. The van der Waals surface area contributed by atoms with Gasteiger partial charge in [-0.3, -0.25) is 0 Å². The van der Waals surface area contributed by atoms with E-state index in [0.29, 0.717) is 16.7 Å². The van der Waals surface area contributed by atoms with Gasteiger partial charge in [0.1, 0.15) is 5.60 Å². The number of nitrogens with zero attached hydrogens (tertiary/aromatic N) is 1. The summed E-state index contributed by atoms with van der Waals surface area (Å²) in [5.74, 6) is 1.31. The van der Waals surface area contributed by atoms with Crippen LogP contribution in [0.1, 0.15) is 60.3 Å². The highest BCUT2D eigenvalue weighted by Gasteiger charge is 2.34. The maximum Gasteiger partial charge on any atom is 0.410 e. The maximum atomic E-state index is 12.2. The minimum absolute atomic E-state index is 0.162. The van der Waals surface area contributed by atoms with Gasteiger partial charge in [-0.2, -0.15) is 11.8 Å². The summed E-state index contributed by atoms with van der Waals surface area (Å²) in [6.45, 7) is 13.1. The van der Waals surface area contributed by atoms with E-state index in [1.54, 1.807) is 0 Å². The van der Waals surface area contributed by atoms with Crippen LogP contribution in [0.4, 0.5) is 4.79 Å².